The second-order valence-electron chi connectivity index (χ2n) is 4.99. The number of rotatable bonds is 4. The third kappa shape index (κ3) is 4.37. The lowest BCUT2D eigenvalue weighted by Crippen LogP contribution is -2.17. The lowest BCUT2D eigenvalue weighted by atomic mass is 10.0. The zero-order chi connectivity index (χ0) is 12.8. The summed E-state index contributed by atoms with van der Waals surface area (Å²) < 4.78 is 0. The molecule has 18 heavy (non-hydrogen) atoms. The number of hydrogen-bond acceptors (Lipinski definition) is 2. The molecule has 0 spiro atoms. The first-order valence-corrected chi connectivity index (χ1v) is 7.77. The molecule has 1 aromatic carbocycles. The van der Waals surface area contributed by atoms with Crippen LogP contribution in [0.5, 0.6) is 0 Å². The van der Waals surface area contributed by atoms with Gasteiger partial charge in [-0.3, -0.25) is 4.79 Å². The summed E-state index contributed by atoms with van der Waals surface area (Å²) >= 11 is 1.82. The zero-order valence-corrected chi connectivity index (χ0v) is 11.8. The average Bonchev–Trinajstić information content (AvgIpc) is 2.38. The highest BCUT2D eigenvalue weighted by molar-refractivity contribution is 8.00. The van der Waals surface area contributed by atoms with Gasteiger partial charge in [-0.2, -0.15) is 0 Å². The van der Waals surface area contributed by atoms with Gasteiger partial charge in [-0.25, -0.2) is 0 Å². The number of thioether (sulfide) groups is 1. The Kier molecular flexibility index (Phi) is 5.12. The van der Waals surface area contributed by atoms with E-state index in [-0.39, 0.29) is 5.91 Å². The number of anilines is 1. The van der Waals surface area contributed by atoms with Crippen LogP contribution in [0.2, 0.25) is 0 Å². The van der Waals surface area contributed by atoms with Gasteiger partial charge in [0.25, 0.3) is 0 Å². The Balaban J connectivity index is 1.74. The maximum atomic E-state index is 11.8. The lowest BCUT2D eigenvalue weighted by Gasteiger charge is -2.20. The topological polar surface area (TPSA) is 29.1 Å². The van der Waals surface area contributed by atoms with Crippen molar-refractivity contribution in [2.45, 2.75) is 44.3 Å². The van der Waals surface area contributed by atoms with E-state index in [4.69, 9.17) is 0 Å². The SMILES string of the molecule is Cc1cccc(NC(=O)CSC2CCCCC2)c1. The van der Waals surface area contributed by atoms with Crippen LogP contribution in [0.25, 0.3) is 0 Å². The van der Waals surface area contributed by atoms with Gasteiger partial charge in [0.05, 0.1) is 5.75 Å². The third-order valence-electron chi connectivity index (χ3n) is 3.30. The van der Waals surface area contributed by atoms with Gasteiger partial charge in [0.2, 0.25) is 5.91 Å². The number of hydrogen-bond donors (Lipinski definition) is 1. The van der Waals surface area contributed by atoms with Crippen LogP contribution in [-0.4, -0.2) is 16.9 Å². The highest BCUT2D eigenvalue weighted by Gasteiger charge is 2.15. The quantitative estimate of drug-likeness (QED) is 0.889. The summed E-state index contributed by atoms with van der Waals surface area (Å²) in [7, 11) is 0. The number of carbonyl (C=O) groups excluding carboxylic acids is 1. The Morgan fingerprint density at radius 3 is 2.83 bits per heavy atom. The number of aryl methyl sites for hydroxylation is 1. The fourth-order valence-corrected chi connectivity index (χ4v) is 3.47. The summed E-state index contributed by atoms with van der Waals surface area (Å²) in [5.41, 5.74) is 2.08. The molecule has 1 fully saturated rings. The van der Waals surface area contributed by atoms with Crippen molar-refractivity contribution in [3.05, 3.63) is 29.8 Å². The molecule has 1 aliphatic carbocycles. The molecule has 3 heteroatoms. The van der Waals surface area contributed by atoms with Crippen molar-refractivity contribution in [3.63, 3.8) is 0 Å². The van der Waals surface area contributed by atoms with Crippen molar-refractivity contribution in [3.8, 4) is 0 Å². The molecule has 0 heterocycles. The number of nitrogens with one attached hydrogen (secondary N) is 1. The smallest absolute Gasteiger partial charge is 0.234 e. The molecule has 0 atom stereocenters. The van der Waals surface area contributed by atoms with Gasteiger partial charge < -0.3 is 5.32 Å². The van der Waals surface area contributed by atoms with Gasteiger partial charge >= 0.3 is 0 Å². The Labute approximate surface area is 114 Å². The van der Waals surface area contributed by atoms with Crippen LogP contribution in [0.3, 0.4) is 0 Å². The summed E-state index contributed by atoms with van der Waals surface area (Å²) in [4.78, 5) is 11.8. The first kappa shape index (κ1) is 13.5. The van der Waals surface area contributed by atoms with Crippen molar-refractivity contribution < 1.29 is 4.79 Å². The van der Waals surface area contributed by atoms with Crippen LogP contribution in [0.1, 0.15) is 37.7 Å². The molecule has 0 unspecified atom stereocenters. The molecule has 0 radical (unpaired) electrons. The van der Waals surface area contributed by atoms with Gasteiger partial charge in [-0.1, -0.05) is 31.4 Å². The number of benzene rings is 1. The predicted octanol–water partition coefficient (Wildman–Crippen LogP) is 4.00. The first-order chi connectivity index (χ1) is 8.74. The summed E-state index contributed by atoms with van der Waals surface area (Å²) in [5.74, 6) is 0.703. The first-order valence-electron chi connectivity index (χ1n) is 6.72. The highest BCUT2D eigenvalue weighted by atomic mass is 32.2. The maximum absolute atomic E-state index is 11.8. The molecule has 1 saturated carbocycles. The number of amides is 1. The lowest BCUT2D eigenvalue weighted by molar-refractivity contribution is -0.113. The van der Waals surface area contributed by atoms with Crippen molar-refractivity contribution in [2.24, 2.45) is 0 Å². The molecule has 1 aliphatic rings. The van der Waals surface area contributed by atoms with Crippen LogP contribution in [0, 0.1) is 6.92 Å². The van der Waals surface area contributed by atoms with Crippen LogP contribution in [-0.2, 0) is 4.79 Å². The second kappa shape index (κ2) is 6.83. The van der Waals surface area contributed by atoms with Gasteiger partial charge in [-0.15, -0.1) is 11.8 Å². The minimum atomic E-state index is 0.121. The maximum Gasteiger partial charge on any atom is 0.234 e. The van der Waals surface area contributed by atoms with Gasteiger partial charge in [0, 0.05) is 10.9 Å². The Morgan fingerprint density at radius 1 is 1.33 bits per heavy atom. The van der Waals surface area contributed by atoms with Gasteiger partial charge in [0.15, 0.2) is 0 Å². The minimum Gasteiger partial charge on any atom is -0.325 e. The monoisotopic (exact) mass is 263 g/mol. The van der Waals surface area contributed by atoms with Crippen LogP contribution in [0.4, 0.5) is 5.69 Å². The zero-order valence-electron chi connectivity index (χ0n) is 10.9. The molecule has 2 rings (SSSR count). The van der Waals surface area contributed by atoms with E-state index < -0.39 is 0 Å². The highest BCUT2D eigenvalue weighted by Crippen LogP contribution is 2.28. The van der Waals surface area contributed by atoms with Gasteiger partial charge in [0.1, 0.15) is 0 Å². The molecule has 0 bridgehead atoms. The Morgan fingerprint density at radius 2 is 2.11 bits per heavy atom. The fourth-order valence-electron chi connectivity index (χ4n) is 2.35. The van der Waals surface area contributed by atoms with E-state index in [2.05, 4.69) is 5.32 Å². The summed E-state index contributed by atoms with van der Waals surface area (Å²) in [6.45, 7) is 2.03. The average molecular weight is 263 g/mol. The Hall–Kier alpha value is -0.960. The molecule has 1 N–H and O–H groups in total. The second-order valence-corrected chi connectivity index (χ2v) is 6.28. The normalized spacial score (nSPS) is 16.5. The van der Waals surface area contributed by atoms with Crippen molar-refractivity contribution in [2.75, 3.05) is 11.1 Å². The van der Waals surface area contributed by atoms with E-state index in [1.165, 1.54) is 37.7 Å². The molecular formula is C15H21NOS. The molecule has 1 amide bonds. The molecule has 1 aromatic rings. The Bertz CT molecular complexity index is 399. The van der Waals surface area contributed by atoms with Crippen molar-refractivity contribution in [1.82, 2.24) is 0 Å². The van der Waals surface area contributed by atoms with Crippen molar-refractivity contribution in [1.29, 1.82) is 0 Å². The molecule has 98 valence electrons. The molecule has 0 aliphatic heterocycles. The summed E-state index contributed by atoms with van der Waals surface area (Å²) in [6.07, 6.45) is 6.59. The molecule has 0 aromatic heterocycles. The largest absolute Gasteiger partial charge is 0.325 e. The molecule has 2 nitrogen and oxygen atoms in total. The van der Waals surface area contributed by atoms with E-state index in [0.717, 1.165) is 5.69 Å². The van der Waals surface area contributed by atoms with E-state index in [1.54, 1.807) is 0 Å². The van der Waals surface area contributed by atoms with E-state index >= 15 is 0 Å². The van der Waals surface area contributed by atoms with E-state index in [1.807, 2.05) is 43.0 Å². The fraction of sp³-hybridized carbons (Fsp3) is 0.533. The van der Waals surface area contributed by atoms with E-state index in [9.17, 15) is 4.79 Å². The standard InChI is InChI=1S/C15H21NOS/c1-12-6-5-7-13(10-12)16-15(17)11-18-14-8-3-2-4-9-14/h5-7,10,14H,2-4,8-9,11H2,1H3,(H,16,17). The van der Waals surface area contributed by atoms with Crippen LogP contribution >= 0.6 is 11.8 Å². The van der Waals surface area contributed by atoms with Crippen LogP contribution in [0.15, 0.2) is 24.3 Å². The molecule has 0 saturated heterocycles. The van der Waals surface area contributed by atoms with E-state index in [0.29, 0.717) is 11.0 Å². The number of carbonyl (C=O) groups is 1. The third-order valence-corrected chi connectivity index (χ3v) is 4.68. The molecular weight excluding hydrogens is 242 g/mol. The van der Waals surface area contributed by atoms with Crippen LogP contribution < -0.4 is 5.32 Å². The summed E-state index contributed by atoms with van der Waals surface area (Å²) in [5, 5.41) is 3.66. The van der Waals surface area contributed by atoms with Gasteiger partial charge in [-0.05, 0) is 37.5 Å². The predicted molar refractivity (Wildman–Crippen MR) is 79.1 cm³/mol. The van der Waals surface area contributed by atoms with Crippen molar-refractivity contribution >= 4 is 23.4 Å². The summed E-state index contributed by atoms with van der Waals surface area (Å²) in [6, 6.07) is 7.95. The minimum absolute atomic E-state index is 0.121.